The normalized spacial score (nSPS) is 23.5. The number of esters is 2. The van der Waals surface area contributed by atoms with Crippen LogP contribution in [0.15, 0.2) is 41.6 Å². The number of nitrogens with zero attached hydrogens (tertiary/aromatic N) is 1. The molecule has 0 amide bonds. The summed E-state index contributed by atoms with van der Waals surface area (Å²) in [6, 6.07) is 9.04. The fourth-order valence-electron chi connectivity index (χ4n) is 4.06. The molecule has 30 heavy (non-hydrogen) atoms. The summed E-state index contributed by atoms with van der Waals surface area (Å²) in [5.74, 6) is -1.64. The molecule has 0 saturated heterocycles. The lowest BCUT2D eigenvalue weighted by Gasteiger charge is -2.47. The summed E-state index contributed by atoms with van der Waals surface area (Å²) in [7, 11) is 2.69. The van der Waals surface area contributed by atoms with Crippen LogP contribution in [0.3, 0.4) is 0 Å². The number of carbonyl (C=O) groups excluding carboxylic acids is 2. The van der Waals surface area contributed by atoms with E-state index in [9.17, 15) is 9.59 Å². The van der Waals surface area contributed by atoms with Gasteiger partial charge in [0.15, 0.2) is 10.7 Å². The number of allylic oxidation sites excluding steroid dienone is 1. The number of anilines is 1. The van der Waals surface area contributed by atoms with Crippen LogP contribution in [0.2, 0.25) is 0 Å². The maximum Gasteiger partial charge on any atom is 0.336 e. The molecule has 8 heteroatoms. The average molecular weight is 430 g/mol. The molecule has 3 atom stereocenters. The zero-order valence-corrected chi connectivity index (χ0v) is 18.8. The fourth-order valence-corrected chi connectivity index (χ4v) is 4.95. The minimum absolute atomic E-state index is 0.379. The number of thiazole rings is 1. The van der Waals surface area contributed by atoms with E-state index in [2.05, 4.69) is 15.6 Å². The van der Waals surface area contributed by atoms with Gasteiger partial charge in [0.25, 0.3) is 0 Å². The average Bonchev–Trinajstić information content (AvgIpc) is 3.05. The van der Waals surface area contributed by atoms with Crippen molar-refractivity contribution < 1.29 is 19.1 Å². The van der Waals surface area contributed by atoms with Crippen molar-refractivity contribution in [3.63, 3.8) is 0 Å². The highest BCUT2D eigenvalue weighted by molar-refractivity contribution is 7.15. The Balaban J connectivity index is 2.30. The number of benzene rings is 1. The number of rotatable bonds is 5. The summed E-state index contributed by atoms with van der Waals surface area (Å²) in [4.78, 5) is 31.9. The molecule has 3 rings (SSSR count). The molecule has 2 aromatic rings. The molecule has 0 radical (unpaired) electrons. The molecule has 7 nitrogen and oxygen atoms in total. The van der Waals surface area contributed by atoms with Gasteiger partial charge in [0.1, 0.15) is 0 Å². The largest absolute Gasteiger partial charge is 0.467 e. The lowest BCUT2D eigenvalue weighted by Crippen LogP contribution is -2.66. The summed E-state index contributed by atoms with van der Waals surface area (Å²) >= 11 is 1.46. The van der Waals surface area contributed by atoms with E-state index >= 15 is 0 Å². The molecule has 0 fully saturated rings. The van der Waals surface area contributed by atoms with E-state index in [0.717, 1.165) is 16.1 Å². The van der Waals surface area contributed by atoms with E-state index in [0.29, 0.717) is 16.4 Å². The van der Waals surface area contributed by atoms with Gasteiger partial charge in [-0.2, -0.15) is 0 Å². The number of methoxy groups -OCH3 is 2. The summed E-state index contributed by atoms with van der Waals surface area (Å²) < 4.78 is 10.4. The Kier molecular flexibility index (Phi) is 6.17. The molecule has 3 unspecified atom stereocenters. The molecule has 2 heterocycles. The summed E-state index contributed by atoms with van der Waals surface area (Å²) in [5, 5.41) is 7.24. The van der Waals surface area contributed by atoms with Gasteiger partial charge in [0.2, 0.25) is 0 Å². The van der Waals surface area contributed by atoms with Gasteiger partial charge in [-0.3, -0.25) is 0 Å². The topological polar surface area (TPSA) is 89.5 Å². The molecular weight excluding hydrogens is 402 g/mol. The molecule has 2 N–H and O–H groups in total. The number of aryl methyl sites for hydroxylation is 2. The zero-order chi connectivity index (χ0) is 22.1. The molecule has 1 aliphatic rings. The lowest BCUT2D eigenvalue weighted by atomic mass is 9.68. The van der Waals surface area contributed by atoms with Gasteiger partial charge in [0, 0.05) is 10.6 Å². The Labute approximate surface area is 180 Å². The van der Waals surface area contributed by atoms with Crippen LogP contribution in [0, 0.1) is 13.8 Å². The number of ether oxygens (including phenoxy) is 2. The van der Waals surface area contributed by atoms with Crippen LogP contribution in [0.1, 0.15) is 35.9 Å². The van der Waals surface area contributed by atoms with E-state index in [1.807, 2.05) is 58.0 Å². The van der Waals surface area contributed by atoms with Gasteiger partial charge in [-0.1, -0.05) is 30.3 Å². The number of aromatic nitrogens is 1. The van der Waals surface area contributed by atoms with Crippen molar-refractivity contribution in [3.05, 3.63) is 57.7 Å². The predicted octanol–water partition coefficient (Wildman–Crippen LogP) is 3.31. The molecule has 1 aromatic heterocycles. The first-order valence-electron chi connectivity index (χ1n) is 9.67. The van der Waals surface area contributed by atoms with Crippen molar-refractivity contribution in [1.29, 1.82) is 0 Å². The van der Waals surface area contributed by atoms with Crippen LogP contribution in [0.4, 0.5) is 5.13 Å². The van der Waals surface area contributed by atoms with Gasteiger partial charge < -0.3 is 20.1 Å². The van der Waals surface area contributed by atoms with Crippen LogP contribution < -0.4 is 10.6 Å². The first-order chi connectivity index (χ1) is 14.3. The monoisotopic (exact) mass is 429 g/mol. The first-order valence-corrected chi connectivity index (χ1v) is 10.5. The fraction of sp³-hybridized carbons (Fsp3) is 0.409. The van der Waals surface area contributed by atoms with Crippen molar-refractivity contribution in [2.24, 2.45) is 0 Å². The summed E-state index contributed by atoms with van der Waals surface area (Å²) in [6.07, 6.45) is 0. The summed E-state index contributed by atoms with van der Waals surface area (Å²) in [5.41, 5.74) is 1.40. The van der Waals surface area contributed by atoms with Gasteiger partial charge in [-0.25, -0.2) is 14.6 Å². The van der Waals surface area contributed by atoms with Crippen LogP contribution in [0.25, 0.3) is 0 Å². The third-order valence-electron chi connectivity index (χ3n) is 5.67. The van der Waals surface area contributed by atoms with E-state index in [4.69, 9.17) is 9.47 Å². The molecule has 0 bridgehead atoms. The minimum atomic E-state index is -1.32. The molecule has 0 spiro atoms. The second-order valence-corrected chi connectivity index (χ2v) is 8.59. The van der Waals surface area contributed by atoms with Crippen molar-refractivity contribution >= 4 is 28.4 Å². The second-order valence-electron chi connectivity index (χ2n) is 7.39. The molecule has 0 saturated carbocycles. The molecular formula is C22H27N3O4S. The van der Waals surface area contributed by atoms with Gasteiger partial charge >= 0.3 is 11.9 Å². The van der Waals surface area contributed by atoms with E-state index in [1.54, 1.807) is 0 Å². The van der Waals surface area contributed by atoms with E-state index < -0.39 is 29.4 Å². The quantitative estimate of drug-likeness (QED) is 0.705. The van der Waals surface area contributed by atoms with Gasteiger partial charge in [-0.05, 0) is 33.3 Å². The first kappa shape index (κ1) is 21.8. The summed E-state index contributed by atoms with van der Waals surface area (Å²) in [6.45, 7) is 7.61. The van der Waals surface area contributed by atoms with Crippen LogP contribution in [-0.2, 0) is 19.1 Å². The Morgan fingerprint density at radius 1 is 1.13 bits per heavy atom. The SMILES string of the molecule is COC(=O)C1=C(C)NC(C)C(Nc2nc(C)c(C)s2)(C(=O)OC)C1c1ccccc1. The molecule has 1 aliphatic heterocycles. The number of carbonyl (C=O) groups is 2. The van der Waals surface area contributed by atoms with E-state index in [1.165, 1.54) is 25.6 Å². The van der Waals surface area contributed by atoms with Crippen molar-refractivity contribution in [1.82, 2.24) is 10.3 Å². The van der Waals surface area contributed by atoms with Crippen molar-refractivity contribution in [3.8, 4) is 0 Å². The maximum atomic E-state index is 13.4. The Morgan fingerprint density at radius 2 is 1.80 bits per heavy atom. The minimum Gasteiger partial charge on any atom is -0.467 e. The molecule has 160 valence electrons. The van der Waals surface area contributed by atoms with Crippen molar-refractivity contribution in [2.45, 2.75) is 45.2 Å². The smallest absolute Gasteiger partial charge is 0.336 e. The Morgan fingerprint density at radius 3 is 2.33 bits per heavy atom. The van der Waals surface area contributed by atoms with Gasteiger partial charge in [0.05, 0.1) is 37.4 Å². The highest BCUT2D eigenvalue weighted by Crippen LogP contribution is 2.45. The molecule has 1 aromatic carbocycles. The van der Waals surface area contributed by atoms with E-state index in [-0.39, 0.29) is 0 Å². The Bertz CT molecular complexity index is 966. The van der Waals surface area contributed by atoms with Crippen molar-refractivity contribution in [2.75, 3.05) is 19.5 Å². The van der Waals surface area contributed by atoms with Crippen LogP contribution in [0.5, 0.6) is 0 Å². The lowest BCUT2D eigenvalue weighted by molar-refractivity contribution is -0.148. The highest BCUT2D eigenvalue weighted by Gasteiger charge is 2.58. The third-order valence-corrected chi connectivity index (χ3v) is 6.66. The highest BCUT2D eigenvalue weighted by atomic mass is 32.1. The van der Waals surface area contributed by atoms with Crippen LogP contribution in [-0.4, -0.2) is 42.7 Å². The number of nitrogens with one attached hydrogen (secondary N) is 2. The zero-order valence-electron chi connectivity index (χ0n) is 18.0. The van der Waals surface area contributed by atoms with Crippen LogP contribution >= 0.6 is 11.3 Å². The second kappa shape index (κ2) is 8.47. The number of hydrogen-bond donors (Lipinski definition) is 2. The maximum absolute atomic E-state index is 13.4. The standard InChI is InChI=1S/C22H27N3O4S/c1-12-14(3)30-21(24-12)25-22(20(27)29-6)15(4)23-13(2)17(19(26)28-5)18(22)16-10-8-7-9-11-16/h7-11,15,18,23H,1-6H3,(H,24,25). The van der Waals surface area contributed by atoms with Gasteiger partial charge in [-0.15, -0.1) is 11.3 Å². The molecule has 0 aliphatic carbocycles. The number of hydrogen-bond acceptors (Lipinski definition) is 8. The third kappa shape index (κ3) is 3.56. The Hall–Kier alpha value is -2.87. The predicted molar refractivity (Wildman–Crippen MR) is 116 cm³/mol.